The number of aromatic nitrogens is 2. The number of aromatic amines is 1. The van der Waals surface area contributed by atoms with Gasteiger partial charge in [0.15, 0.2) is 5.69 Å². The summed E-state index contributed by atoms with van der Waals surface area (Å²) in [6.07, 6.45) is 1.83. The second kappa shape index (κ2) is 7.75. The van der Waals surface area contributed by atoms with Crippen LogP contribution in [0.15, 0.2) is 66.9 Å². The van der Waals surface area contributed by atoms with Crippen LogP contribution in [0.3, 0.4) is 0 Å². The van der Waals surface area contributed by atoms with Crippen LogP contribution in [0.1, 0.15) is 23.0 Å². The Balaban J connectivity index is 1.75. The summed E-state index contributed by atoms with van der Waals surface area (Å²) in [5.41, 5.74) is 2.63. The number of para-hydroxylation sites is 1. The van der Waals surface area contributed by atoms with Gasteiger partial charge >= 0.3 is 5.97 Å². The molecule has 29 heavy (non-hydrogen) atoms. The molecule has 2 heterocycles. The number of likely N-dealkylation sites (N-methyl/N-ethyl adjacent to an activating group) is 1. The zero-order chi connectivity index (χ0) is 20.4. The van der Waals surface area contributed by atoms with Crippen molar-refractivity contribution in [2.75, 3.05) is 6.54 Å². The van der Waals surface area contributed by atoms with E-state index in [0.29, 0.717) is 5.52 Å². The molecule has 4 aromatic rings. The number of H-pyrrole nitrogens is 1. The third-order valence-corrected chi connectivity index (χ3v) is 5.17. The van der Waals surface area contributed by atoms with Gasteiger partial charge in [-0.15, -0.1) is 0 Å². The molecule has 146 valence electrons. The van der Waals surface area contributed by atoms with Crippen LogP contribution in [0, 0.1) is 0 Å². The van der Waals surface area contributed by atoms with Crippen LogP contribution >= 0.6 is 0 Å². The van der Waals surface area contributed by atoms with Gasteiger partial charge in [-0.2, -0.15) is 0 Å². The smallest absolute Gasteiger partial charge is 0.326 e. The molecule has 2 aromatic carbocycles. The lowest BCUT2D eigenvalue weighted by Gasteiger charge is -2.27. The normalized spacial score (nSPS) is 12.2. The Morgan fingerprint density at radius 2 is 1.76 bits per heavy atom. The van der Waals surface area contributed by atoms with Gasteiger partial charge < -0.3 is 15.0 Å². The molecule has 0 aliphatic heterocycles. The van der Waals surface area contributed by atoms with Gasteiger partial charge in [0.1, 0.15) is 6.04 Å². The summed E-state index contributed by atoms with van der Waals surface area (Å²) in [7, 11) is 0. The molecule has 0 bridgehead atoms. The molecular weight excluding hydrogens is 366 g/mol. The fourth-order valence-corrected chi connectivity index (χ4v) is 3.75. The topological polar surface area (TPSA) is 86.3 Å². The average Bonchev–Trinajstić information content (AvgIpc) is 3.13. The van der Waals surface area contributed by atoms with Crippen molar-refractivity contribution in [2.45, 2.75) is 19.4 Å². The maximum Gasteiger partial charge on any atom is 0.326 e. The molecular formula is C23H21N3O3. The number of rotatable bonds is 6. The van der Waals surface area contributed by atoms with E-state index in [1.54, 1.807) is 13.1 Å². The number of pyridine rings is 1. The fraction of sp³-hybridized carbons (Fsp3) is 0.174. The molecule has 0 radical (unpaired) electrons. The first kappa shape index (κ1) is 18.7. The lowest BCUT2D eigenvalue weighted by Crippen LogP contribution is -2.46. The van der Waals surface area contributed by atoms with E-state index in [-0.39, 0.29) is 18.7 Å². The molecule has 0 fully saturated rings. The van der Waals surface area contributed by atoms with Gasteiger partial charge in [0, 0.05) is 35.5 Å². The quantitative estimate of drug-likeness (QED) is 0.526. The minimum absolute atomic E-state index is 0.235. The number of hydrogen-bond acceptors (Lipinski definition) is 3. The fourth-order valence-electron chi connectivity index (χ4n) is 3.75. The number of carbonyl (C=O) groups is 2. The Bertz CT molecular complexity index is 1180. The number of nitrogens with one attached hydrogen (secondary N) is 1. The number of nitrogens with zero attached hydrogens (tertiary/aromatic N) is 2. The predicted octanol–water partition coefficient (Wildman–Crippen LogP) is 3.87. The molecule has 0 saturated heterocycles. The number of benzene rings is 2. The van der Waals surface area contributed by atoms with Crippen molar-refractivity contribution in [3.63, 3.8) is 0 Å². The van der Waals surface area contributed by atoms with Crippen molar-refractivity contribution in [3.8, 4) is 0 Å². The van der Waals surface area contributed by atoms with Crippen LogP contribution in [-0.4, -0.2) is 44.4 Å². The summed E-state index contributed by atoms with van der Waals surface area (Å²) in [6.45, 7) is 2.05. The zero-order valence-corrected chi connectivity index (χ0v) is 16.0. The van der Waals surface area contributed by atoms with E-state index in [2.05, 4.69) is 9.97 Å². The summed E-state index contributed by atoms with van der Waals surface area (Å²) >= 11 is 0. The van der Waals surface area contributed by atoms with Gasteiger partial charge in [-0.3, -0.25) is 4.79 Å². The van der Waals surface area contributed by atoms with Crippen LogP contribution in [0.4, 0.5) is 0 Å². The Kier molecular flexibility index (Phi) is 4.99. The molecule has 0 saturated carbocycles. The van der Waals surface area contributed by atoms with Gasteiger partial charge in [-0.05, 0) is 24.6 Å². The maximum absolute atomic E-state index is 13.4. The lowest BCUT2D eigenvalue weighted by molar-refractivity contribution is -0.142. The van der Waals surface area contributed by atoms with Crippen LogP contribution in [0.2, 0.25) is 0 Å². The van der Waals surface area contributed by atoms with Crippen LogP contribution in [0.5, 0.6) is 0 Å². The molecule has 0 aliphatic carbocycles. The lowest BCUT2D eigenvalue weighted by atomic mass is 10.0. The first-order chi connectivity index (χ1) is 14.1. The molecule has 1 amide bonds. The van der Waals surface area contributed by atoms with E-state index in [9.17, 15) is 14.7 Å². The van der Waals surface area contributed by atoms with E-state index in [0.717, 1.165) is 21.9 Å². The molecule has 6 heteroatoms. The SMILES string of the molecule is CCN(C(=O)c1nccc2c1[nH]c1ccccc12)[C@@H](Cc1ccccc1)C(=O)O. The second-order valence-corrected chi connectivity index (χ2v) is 6.89. The first-order valence-electron chi connectivity index (χ1n) is 9.53. The van der Waals surface area contributed by atoms with E-state index in [1.807, 2.05) is 60.7 Å². The van der Waals surface area contributed by atoms with Crippen LogP contribution in [0.25, 0.3) is 21.8 Å². The third-order valence-electron chi connectivity index (χ3n) is 5.17. The summed E-state index contributed by atoms with van der Waals surface area (Å²) in [5, 5.41) is 11.7. The number of fused-ring (bicyclic) bond motifs is 3. The van der Waals surface area contributed by atoms with Crippen molar-refractivity contribution in [1.82, 2.24) is 14.9 Å². The van der Waals surface area contributed by atoms with E-state index >= 15 is 0 Å². The Morgan fingerprint density at radius 3 is 2.48 bits per heavy atom. The maximum atomic E-state index is 13.4. The first-order valence-corrected chi connectivity index (χ1v) is 9.53. The Labute approximate surface area is 167 Å². The summed E-state index contributed by atoms with van der Waals surface area (Å²) in [5.74, 6) is -1.43. The van der Waals surface area contributed by atoms with E-state index in [4.69, 9.17) is 0 Å². The van der Waals surface area contributed by atoms with Crippen molar-refractivity contribution in [1.29, 1.82) is 0 Å². The standard InChI is InChI=1S/C23H21N3O3/c1-2-26(19(23(28)29)14-15-8-4-3-5-9-15)22(27)21-20-17(12-13-24-21)16-10-6-7-11-18(16)25-20/h3-13,19,25H,2,14H2,1H3,(H,28,29)/t19-/m0/s1. The number of carboxylic acids is 1. The van der Waals surface area contributed by atoms with Crippen molar-refractivity contribution in [3.05, 3.63) is 78.1 Å². The van der Waals surface area contributed by atoms with Gasteiger partial charge in [0.2, 0.25) is 0 Å². The zero-order valence-electron chi connectivity index (χ0n) is 16.0. The average molecular weight is 387 g/mol. The second-order valence-electron chi connectivity index (χ2n) is 6.89. The minimum Gasteiger partial charge on any atom is -0.480 e. The van der Waals surface area contributed by atoms with Gasteiger partial charge in [-0.1, -0.05) is 48.5 Å². The number of carboxylic acid groups (broad SMARTS) is 1. The van der Waals surface area contributed by atoms with Crippen molar-refractivity contribution < 1.29 is 14.7 Å². The molecule has 0 unspecified atom stereocenters. The molecule has 2 N–H and O–H groups in total. The summed E-state index contributed by atoms with van der Waals surface area (Å²) in [4.78, 5) is 34.4. The van der Waals surface area contributed by atoms with E-state index < -0.39 is 17.9 Å². The van der Waals surface area contributed by atoms with Crippen molar-refractivity contribution in [2.24, 2.45) is 0 Å². The molecule has 0 aliphatic rings. The number of aliphatic carboxylic acids is 1. The largest absolute Gasteiger partial charge is 0.480 e. The van der Waals surface area contributed by atoms with Crippen LogP contribution < -0.4 is 0 Å². The highest BCUT2D eigenvalue weighted by Crippen LogP contribution is 2.27. The number of carbonyl (C=O) groups excluding carboxylic acids is 1. The predicted molar refractivity (Wildman–Crippen MR) is 112 cm³/mol. The number of amides is 1. The van der Waals surface area contributed by atoms with Crippen molar-refractivity contribution >= 4 is 33.7 Å². The molecule has 6 nitrogen and oxygen atoms in total. The van der Waals surface area contributed by atoms with Gasteiger partial charge in [-0.25, -0.2) is 9.78 Å². The summed E-state index contributed by atoms with van der Waals surface area (Å²) < 4.78 is 0. The van der Waals surface area contributed by atoms with Gasteiger partial charge in [0.25, 0.3) is 5.91 Å². The molecule has 4 rings (SSSR count). The monoisotopic (exact) mass is 387 g/mol. The molecule has 2 aromatic heterocycles. The van der Waals surface area contributed by atoms with Gasteiger partial charge in [0.05, 0.1) is 5.52 Å². The minimum atomic E-state index is -1.03. The Hall–Kier alpha value is -3.67. The highest BCUT2D eigenvalue weighted by atomic mass is 16.4. The Morgan fingerprint density at radius 1 is 1.03 bits per heavy atom. The van der Waals surface area contributed by atoms with E-state index in [1.165, 1.54) is 4.90 Å². The number of hydrogen-bond donors (Lipinski definition) is 2. The highest BCUT2D eigenvalue weighted by Gasteiger charge is 2.31. The van der Waals surface area contributed by atoms with Crippen LogP contribution in [-0.2, 0) is 11.2 Å². The highest BCUT2D eigenvalue weighted by molar-refractivity contribution is 6.14. The molecule has 0 spiro atoms. The summed E-state index contributed by atoms with van der Waals surface area (Å²) in [6, 6.07) is 18.0. The molecule has 1 atom stereocenters. The third kappa shape index (κ3) is 3.45.